The Hall–Kier alpha value is -1.52. The van der Waals surface area contributed by atoms with E-state index in [4.69, 9.17) is 4.74 Å². The van der Waals surface area contributed by atoms with Crippen LogP contribution in [0.15, 0.2) is 18.3 Å². The lowest BCUT2D eigenvalue weighted by molar-refractivity contribution is 0.0782. The second-order valence-electron chi connectivity index (χ2n) is 7.19. The molecule has 0 amide bonds. The maximum atomic E-state index is 5.70. The van der Waals surface area contributed by atoms with E-state index in [-0.39, 0.29) is 0 Å². The zero-order chi connectivity index (χ0) is 16.0. The van der Waals surface area contributed by atoms with E-state index in [2.05, 4.69) is 40.8 Å². The predicted octanol–water partition coefficient (Wildman–Crippen LogP) is 3.15. The van der Waals surface area contributed by atoms with Crippen LogP contribution in [0.5, 0.6) is 5.75 Å². The molecule has 0 bridgehead atoms. The van der Waals surface area contributed by atoms with Crippen LogP contribution in [0.4, 0.5) is 0 Å². The van der Waals surface area contributed by atoms with Crippen LogP contribution in [0.25, 0.3) is 10.9 Å². The summed E-state index contributed by atoms with van der Waals surface area (Å²) in [5.41, 5.74) is 3.82. The van der Waals surface area contributed by atoms with Crippen LogP contribution < -0.4 is 4.74 Å². The van der Waals surface area contributed by atoms with Gasteiger partial charge >= 0.3 is 0 Å². The highest BCUT2D eigenvalue weighted by atomic mass is 16.5. The van der Waals surface area contributed by atoms with Crippen molar-refractivity contribution < 1.29 is 4.74 Å². The summed E-state index contributed by atoms with van der Waals surface area (Å²) >= 11 is 0. The molecule has 2 fully saturated rings. The molecule has 4 heteroatoms. The van der Waals surface area contributed by atoms with Gasteiger partial charge in [0, 0.05) is 60.9 Å². The number of piperazine rings is 1. The van der Waals surface area contributed by atoms with Gasteiger partial charge in [0.05, 0.1) is 7.11 Å². The van der Waals surface area contributed by atoms with Crippen LogP contribution in [0.3, 0.4) is 0 Å². The molecule has 0 radical (unpaired) electrons. The van der Waals surface area contributed by atoms with Crippen LogP contribution >= 0.6 is 0 Å². The molecule has 2 aromatic rings. The number of aromatic amines is 1. The first-order valence-electron chi connectivity index (χ1n) is 8.79. The van der Waals surface area contributed by atoms with Crippen molar-refractivity contribution in [3.05, 3.63) is 29.5 Å². The minimum absolute atomic E-state index is 0.747. The Morgan fingerprint density at radius 3 is 3.00 bits per heavy atom. The van der Waals surface area contributed by atoms with Gasteiger partial charge in [-0.2, -0.15) is 0 Å². The standard InChI is InChI=1S/C19H27N3O/c1-13-10-18(23-3)17(16-6-7-20-19(13)16)12-21-8-9-22-14(2)4-5-15(22)11-21/h6-7,10,14-15,20H,4-5,8-9,11-12H2,1-3H3. The maximum absolute atomic E-state index is 5.70. The number of methoxy groups -OCH3 is 1. The van der Waals surface area contributed by atoms with E-state index in [9.17, 15) is 0 Å². The van der Waals surface area contributed by atoms with Gasteiger partial charge in [-0.05, 0) is 44.4 Å². The number of nitrogens with one attached hydrogen (secondary N) is 1. The molecule has 23 heavy (non-hydrogen) atoms. The Labute approximate surface area is 138 Å². The van der Waals surface area contributed by atoms with Gasteiger partial charge in [0.15, 0.2) is 0 Å². The molecule has 124 valence electrons. The number of aryl methyl sites for hydroxylation is 1. The lowest BCUT2D eigenvalue weighted by Gasteiger charge is -2.39. The van der Waals surface area contributed by atoms with E-state index >= 15 is 0 Å². The third kappa shape index (κ3) is 2.54. The number of nitrogens with zero attached hydrogens (tertiary/aromatic N) is 2. The number of benzene rings is 1. The average Bonchev–Trinajstić information content (AvgIpc) is 3.17. The average molecular weight is 313 g/mol. The maximum Gasteiger partial charge on any atom is 0.124 e. The highest BCUT2D eigenvalue weighted by Crippen LogP contribution is 2.33. The van der Waals surface area contributed by atoms with Gasteiger partial charge < -0.3 is 9.72 Å². The number of rotatable bonds is 3. The SMILES string of the molecule is COc1cc(C)c2[nH]ccc2c1CN1CCN2C(C)CCC2C1. The topological polar surface area (TPSA) is 31.5 Å². The molecular formula is C19H27N3O. The van der Waals surface area contributed by atoms with Gasteiger partial charge in [0.25, 0.3) is 0 Å². The number of H-pyrrole nitrogens is 1. The number of hydrogen-bond donors (Lipinski definition) is 1. The molecule has 1 aromatic carbocycles. The fraction of sp³-hybridized carbons (Fsp3) is 0.579. The van der Waals surface area contributed by atoms with Crippen LogP contribution in [0.2, 0.25) is 0 Å². The summed E-state index contributed by atoms with van der Waals surface area (Å²) in [6, 6.07) is 5.88. The normalized spacial score (nSPS) is 25.9. The second-order valence-corrected chi connectivity index (χ2v) is 7.19. The molecule has 3 heterocycles. The van der Waals surface area contributed by atoms with Gasteiger partial charge in [0.2, 0.25) is 0 Å². The summed E-state index contributed by atoms with van der Waals surface area (Å²) in [7, 11) is 1.79. The molecule has 0 spiro atoms. The zero-order valence-electron chi connectivity index (χ0n) is 14.4. The lowest BCUT2D eigenvalue weighted by atomic mass is 10.0. The molecule has 2 saturated heterocycles. The molecule has 2 atom stereocenters. The largest absolute Gasteiger partial charge is 0.496 e. The summed E-state index contributed by atoms with van der Waals surface area (Å²) in [5, 5.41) is 1.31. The van der Waals surface area contributed by atoms with Crippen molar-refractivity contribution in [1.29, 1.82) is 0 Å². The highest BCUT2D eigenvalue weighted by Gasteiger charge is 2.35. The fourth-order valence-corrected chi connectivity index (χ4v) is 4.52. The Kier molecular flexibility index (Phi) is 3.82. The molecule has 2 unspecified atom stereocenters. The van der Waals surface area contributed by atoms with Gasteiger partial charge in [-0.1, -0.05) is 0 Å². The molecule has 1 aromatic heterocycles. The van der Waals surface area contributed by atoms with E-state index in [1.807, 2.05) is 6.20 Å². The van der Waals surface area contributed by atoms with Crippen LogP contribution in [-0.2, 0) is 6.54 Å². The molecule has 2 aliphatic rings. The Balaban J connectivity index is 1.60. The number of ether oxygens (including phenoxy) is 1. The molecule has 2 aliphatic heterocycles. The first-order valence-corrected chi connectivity index (χ1v) is 8.79. The third-order valence-electron chi connectivity index (χ3n) is 5.81. The van der Waals surface area contributed by atoms with Crippen molar-refractivity contribution in [1.82, 2.24) is 14.8 Å². The van der Waals surface area contributed by atoms with Crippen molar-refractivity contribution in [2.24, 2.45) is 0 Å². The number of fused-ring (bicyclic) bond motifs is 2. The van der Waals surface area contributed by atoms with Crippen LogP contribution in [0, 0.1) is 6.92 Å². The highest BCUT2D eigenvalue weighted by molar-refractivity contribution is 5.88. The van der Waals surface area contributed by atoms with Crippen LogP contribution in [0.1, 0.15) is 30.9 Å². The summed E-state index contributed by atoms with van der Waals surface area (Å²) in [5.74, 6) is 1.02. The summed E-state index contributed by atoms with van der Waals surface area (Å²) in [6.45, 7) is 9.05. The predicted molar refractivity (Wildman–Crippen MR) is 94.1 cm³/mol. The van der Waals surface area contributed by atoms with Gasteiger partial charge in [-0.15, -0.1) is 0 Å². The number of hydrogen-bond acceptors (Lipinski definition) is 3. The van der Waals surface area contributed by atoms with E-state index in [0.717, 1.165) is 30.9 Å². The zero-order valence-corrected chi connectivity index (χ0v) is 14.4. The van der Waals surface area contributed by atoms with Gasteiger partial charge in [-0.3, -0.25) is 9.80 Å². The van der Waals surface area contributed by atoms with E-state index in [1.165, 1.54) is 48.0 Å². The van der Waals surface area contributed by atoms with E-state index in [1.54, 1.807) is 7.11 Å². The van der Waals surface area contributed by atoms with E-state index in [0.29, 0.717) is 0 Å². The Morgan fingerprint density at radius 2 is 2.17 bits per heavy atom. The first kappa shape index (κ1) is 15.0. The third-order valence-corrected chi connectivity index (χ3v) is 5.81. The lowest BCUT2D eigenvalue weighted by Crippen LogP contribution is -2.51. The smallest absolute Gasteiger partial charge is 0.124 e. The van der Waals surface area contributed by atoms with Crippen molar-refractivity contribution in [2.75, 3.05) is 26.7 Å². The number of aromatic nitrogens is 1. The summed E-state index contributed by atoms with van der Waals surface area (Å²) < 4.78 is 5.70. The molecule has 0 aliphatic carbocycles. The summed E-state index contributed by atoms with van der Waals surface area (Å²) in [4.78, 5) is 8.69. The quantitative estimate of drug-likeness (QED) is 0.944. The molecule has 4 rings (SSSR count). The minimum atomic E-state index is 0.747. The second kappa shape index (κ2) is 5.84. The Bertz CT molecular complexity index is 708. The Morgan fingerprint density at radius 1 is 1.30 bits per heavy atom. The van der Waals surface area contributed by atoms with Crippen molar-refractivity contribution in [2.45, 2.75) is 45.3 Å². The molecule has 4 nitrogen and oxygen atoms in total. The fourth-order valence-electron chi connectivity index (χ4n) is 4.52. The van der Waals surface area contributed by atoms with Gasteiger partial charge in [-0.25, -0.2) is 0 Å². The van der Waals surface area contributed by atoms with Crippen molar-refractivity contribution in [3.63, 3.8) is 0 Å². The monoisotopic (exact) mass is 313 g/mol. The van der Waals surface area contributed by atoms with Crippen molar-refractivity contribution >= 4 is 10.9 Å². The van der Waals surface area contributed by atoms with Gasteiger partial charge in [0.1, 0.15) is 5.75 Å². The molecular weight excluding hydrogens is 286 g/mol. The van der Waals surface area contributed by atoms with E-state index < -0.39 is 0 Å². The van der Waals surface area contributed by atoms with Crippen LogP contribution in [-0.4, -0.2) is 53.6 Å². The molecule has 1 N–H and O–H groups in total. The minimum Gasteiger partial charge on any atom is -0.496 e. The van der Waals surface area contributed by atoms with Crippen molar-refractivity contribution in [3.8, 4) is 5.75 Å². The molecule has 0 saturated carbocycles. The first-order chi connectivity index (χ1) is 11.2. The summed E-state index contributed by atoms with van der Waals surface area (Å²) in [6.07, 6.45) is 4.74.